The number of alkyl halides is 1. The average Bonchev–Trinajstić information content (AvgIpc) is 3.49. The molecule has 3 heterocycles. The number of aromatic nitrogens is 3. The number of benzene rings is 3. The molecule has 3 aromatic heterocycles. The molecule has 9 rings (SSSR count). The van der Waals surface area contributed by atoms with Crippen LogP contribution in [0, 0.1) is 0 Å². The second-order valence-corrected chi connectivity index (χ2v) is 15.4. The number of hydrogen-bond donors (Lipinski definition) is 1. The van der Waals surface area contributed by atoms with Gasteiger partial charge in [-0.3, -0.25) is 19.7 Å². The van der Waals surface area contributed by atoms with Crippen LogP contribution in [0.1, 0.15) is 84.9 Å². The third-order valence-electron chi connectivity index (χ3n) is 9.39. The van der Waals surface area contributed by atoms with Crippen LogP contribution in [0.2, 0.25) is 0 Å². The first-order valence-electron chi connectivity index (χ1n) is 17.0. The molecule has 0 spiro atoms. The molecule has 0 aliphatic heterocycles. The van der Waals surface area contributed by atoms with Crippen LogP contribution >= 0.6 is 33.0 Å². The van der Waals surface area contributed by atoms with Crippen molar-refractivity contribution in [2.24, 2.45) is 0 Å². The summed E-state index contributed by atoms with van der Waals surface area (Å²) in [6.07, 6.45) is 10.5. The van der Waals surface area contributed by atoms with Crippen LogP contribution in [0.25, 0.3) is 0 Å². The van der Waals surface area contributed by atoms with Crippen LogP contribution in [-0.2, 0) is 47.8 Å². The minimum absolute atomic E-state index is 0. The van der Waals surface area contributed by atoms with Gasteiger partial charge in [0.1, 0.15) is 17.2 Å². The smallest absolute Gasteiger partial charge is 1.00 e. The summed E-state index contributed by atoms with van der Waals surface area (Å²) in [7, 11) is 7.36. The maximum absolute atomic E-state index is 12.3. The molecular weight excluding hydrogens is 767 g/mol. The summed E-state index contributed by atoms with van der Waals surface area (Å²) in [6.45, 7) is 0. The molecule has 0 fully saturated rings. The Morgan fingerprint density at radius 3 is 1.63 bits per heavy atom. The Balaban J connectivity index is 0.000000206. The Bertz CT molecular complexity index is 1970. The first-order chi connectivity index (χ1) is 25.3. The van der Waals surface area contributed by atoms with Gasteiger partial charge < -0.3 is 6.53 Å². The number of aryl methyl sites for hydroxylation is 6. The summed E-state index contributed by atoms with van der Waals surface area (Å²) >= 11 is 6.52. The van der Waals surface area contributed by atoms with Gasteiger partial charge in [0.25, 0.3) is 0 Å². The minimum Gasteiger partial charge on any atom is -1.00 e. The van der Waals surface area contributed by atoms with E-state index in [4.69, 9.17) is 15.8 Å². The van der Waals surface area contributed by atoms with Crippen molar-refractivity contribution < 1.29 is 45.1 Å². The van der Waals surface area contributed by atoms with Crippen molar-refractivity contribution >= 4 is 56.4 Å². The monoisotopic (exact) mass is 802 g/mol. The van der Waals surface area contributed by atoms with Crippen molar-refractivity contribution in [3.63, 3.8) is 0 Å². The zero-order chi connectivity index (χ0) is 36.5. The Morgan fingerprint density at radius 2 is 0.981 bits per heavy atom. The fraction of sp³-hybridized carbons (Fsp3) is 0.190. The number of nitrogens with zero attached hydrogens (tertiary/aromatic N) is 3. The van der Waals surface area contributed by atoms with Crippen molar-refractivity contribution in [2.45, 2.75) is 50.0 Å². The zero-order valence-electron chi connectivity index (χ0n) is 30.7. The van der Waals surface area contributed by atoms with E-state index in [9.17, 15) is 9.90 Å². The summed E-state index contributed by atoms with van der Waals surface area (Å²) in [6, 6.07) is 36.2. The van der Waals surface area contributed by atoms with Gasteiger partial charge in [-0.25, -0.2) is 4.21 Å². The molecule has 0 bridgehead atoms. The number of aliphatic hydroxyl groups excluding tert-OH is 1. The second-order valence-electron chi connectivity index (χ2n) is 12.4. The third kappa shape index (κ3) is 10.8. The average molecular weight is 804 g/mol. The molecule has 3 aromatic carbocycles. The number of aliphatic hydroxyl groups is 1. The van der Waals surface area contributed by atoms with Gasteiger partial charge in [0.2, 0.25) is 15.0 Å². The van der Waals surface area contributed by atoms with E-state index in [2.05, 4.69) is 72.7 Å². The molecule has 2 atom stereocenters. The number of halogens is 3. The molecule has 269 valence electrons. The van der Waals surface area contributed by atoms with Gasteiger partial charge in [0.15, 0.2) is 0 Å². The molecular formula is C42H37BCl3N3NaO3S. The van der Waals surface area contributed by atoms with E-state index in [-0.39, 0.29) is 50.6 Å². The van der Waals surface area contributed by atoms with E-state index in [1.54, 1.807) is 12.4 Å². The van der Waals surface area contributed by atoms with E-state index in [0.29, 0.717) is 5.69 Å². The predicted molar refractivity (Wildman–Crippen MR) is 216 cm³/mol. The van der Waals surface area contributed by atoms with E-state index in [1.165, 1.54) is 22.3 Å². The van der Waals surface area contributed by atoms with Gasteiger partial charge in [-0.1, -0.05) is 91.0 Å². The van der Waals surface area contributed by atoms with E-state index in [0.717, 1.165) is 77.7 Å². The maximum Gasteiger partial charge on any atom is 1.00 e. The van der Waals surface area contributed by atoms with Crippen LogP contribution in [0.5, 0.6) is 0 Å². The molecule has 3 aliphatic carbocycles. The topological polar surface area (TPSA) is 93.0 Å². The summed E-state index contributed by atoms with van der Waals surface area (Å²) in [5.74, 6) is 0.0590. The molecule has 54 heavy (non-hydrogen) atoms. The van der Waals surface area contributed by atoms with Crippen molar-refractivity contribution in [2.75, 3.05) is 0 Å². The number of carbonyl (C=O) groups is 1. The fourth-order valence-corrected chi connectivity index (χ4v) is 7.28. The van der Waals surface area contributed by atoms with E-state index < -0.39 is 15.3 Å². The molecule has 0 saturated carbocycles. The van der Waals surface area contributed by atoms with Crippen molar-refractivity contribution in [1.29, 1.82) is 0 Å². The van der Waals surface area contributed by atoms with Crippen LogP contribution < -0.4 is 29.6 Å². The third-order valence-corrected chi connectivity index (χ3v) is 9.83. The van der Waals surface area contributed by atoms with E-state index >= 15 is 0 Å². The predicted octanol–water partition coefficient (Wildman–Crippen LogP) is 5.96. The molecule has 6 nitrogen and oxygen atoms in total. The van der Waals surface area contributed by atoms with Crippen molar-refractivity contribution in [1.82, 2.24) is 15.0 Å². The summed E-state index contributed by atoms with van der Waals surface area (Å²) in [4.78, 5) is 25.2. The number of carbonyl (C=O) groups excluding carboxylic acids is 1. The fourth-order valence-electron chi connectivity index (χ4n) is 6.87. The van der Waals surface area contributed by atoms with Crippen LogP contribution in [0.4, 0.5) is 0 Å². The number of ketones is 1. The number of rotatable bonds is 0. The largest absolute Gasteiger partial charge is 1.00 e. The van der Waals surface area contributed by atoms with Gasteiger partial charge >= 0.3 is 29.6 Å². The molecule has 2 unspecified atom stereocenters. The van der Waals surface area contributed by atoms with E-state index in [1.807, 2.05) is 79.0 Å². The standard InChI is InChI=1S/C14H12ClN.C14H13NO.C14H11NO.B.Cl2OS.Na.H/c15-13-12-6-2-1-4-10(12)7-8-11-5-3-9-16-14(11)13;2*16-14-12-6-2-1-4-10(12)7-8-11-5-3-9-15-13(11)14;;1-4(2)3;;/h1-6,9,13H,7-8H2;1-6,9,14,16H,7-8H2;1-6,9H,7-8H2;;;;/q;;;;;+1;-1. The maximum atomic E-state index is 12.3. The van der Waals surface area contributed by atoms with Crippen LogP contribution in [0.3, 0.4) is 0 Å². The second kappa shape index (κ2) is 21.2. The van der Waals surface area contributed by atoms with Gasteiger partial charge in [-0.2, -0.15) is 0 Å². The van der Waals surface area contributed by atoms with Crippen LogP contribution in [-0.4, -0.2) is 38.5 Å². The molecule has 0 amide bonds. The van der Waals surface area contributed by atoms with Gasteiger partial charge in [-0.15, -0.1) is 11.6 Å². The van der Waals surface area contributed by atoms with Gasteiger partial charge in [0.05, 0.1) is 11.4 Å². The zero-order valence-corrected chi connectivity index (χ0v) is 34.8. The summed E-state index contributed by atoms with van der Waals surface area (Å²) < 4.78 is 9.09. The van der Waals surface area contributed by atoms with Crippen molar-refractivity contribution in [3.05, 3.63) is 195 Å². The minimum atomic E-state index is -1.67. The SMILES string of the molecule is ClC1c2ccccc2CCc2cccnc21.O=C1c2ccccc2CCc2cccnc21.O=S(Cl)Cl.OC1c2ccccc2CCc2cccnc21.[B].[H-].[Na+]. The van der Waals surface area contributed by atoms with Gasteiger partial charge in [-0.05, 0) is 101 Å². The summed E-state index contributed by atoms with van der Waals surface area (Å²) in [5.41, 5.74) is 12.7. The Morgan fingerprint density at radius 1 is 0.574 bits per heavy atom. The summed E-state index contributed by atoms with van der Waals surface area (Å²) in [5, 5.41) is 10.2. The first-order valence-corrected chi connectivity index (χ1v) is 20.2. The Hall–Kier alpha value is -3.18. The Labute approximate surface area is 358 Å². The van der Waals surface area contributed by atoms with Gasteiger partial charge in [0, 0.05) is 53.9 Å². The number of pyridine rings is 3. The molecule has 3 aliphatic rings. The Kier molecular flexibility index (Phi) is 17.1. The molecule has 3 radical (unpaired) electrons. The molecule has 6 aromatic rings. The first kappa shape index (κ1) is 43.6. The molecule has 0 saturated heterocycles. The molecule has 12 heteroatoms. The normalized spacial score (nSPS) is 15.7. The molecule has 1 N–H and O–H groups in total. The van der Waals surface area contributed by atoms with Crippen LogP contribution in [0.15, 0.2) is 128 Å². The van der Waals surface area contributed by atoms with Crippen molar-refractivity contribution in [3.8, 4) is 0 Å². The number of hydrogen-bond acceptors (Lipinski definition) is 6. The quantitative estimate of drug-likeness (QED) is 0.116. The number of fused-ring (bicyclic) bond motifs is 6.